The molecule has 2 amide bonds. The zero-order chi connectivity index (χ0) is 20.9. The number of rotatable bonds is 7. The lowest BCUT2D eigenvalue weighted by molar-refractivity contribution is -0.137. The Morgan fingerprint density at radius 3 is 2.79 bits per heavy atom. The van der Waals surface area contributed by atoms with Gasteiger partial charge in [0.15, 0.2) is 0 Å². The summed E-state index contributed by atoms with van der Waals surface area (Å²) < 4.78 is 44.1. The SMILES string of the molecule is COCCCc1cc(C(F)(F)F)ccc1CNC(=O)Nc1cccc2[nH]ncc12. The van der Waals surface area contributed by atoms with Crippen LogP contribution in [-0.2, 0) is 23.9 Å². The van der Waals surface area contributed by atoms with Gasteiger partial charge in [-0.2, -0.15) is 18.3 Å². The third kappa shape index (κ3) is 5.26. The maximum absolute atomic E-state index is 13.0. The van der Waals surface area contributed by atoms with Gasteiger partial charge < -0.3 is 15.4 Å². The minimum Gasteiger partial charge on any atom is -0.385 e. The number of carbonyl (C=O) groups excluding carboxylic acids is 1. The van der Waals surface area contributed by atoms with Gasteiger partial charge >= 0.3 is 12.2 Å². The summed E-state index contributed by atoms with van der Waals surface area (Å²) in [5, 5.41) is 13.0. The van der Waals surface area contributed by atoms with Crippen molar-refractivity contribution in [3.8, 4) is 0 Å². The number of fused-ring (bicyclic) bond motifs is 1. The average molecular weight is 406 g/mol. The van der Waals surface area contributed by atoms with Crippen LogP contribution in [0.4, 0.5) is 23.7 Å². The van der Waals surface area contributed by atoms with Crippen LogP contribution in [0, 0.1) is 0 Å². The molecule has 2 aromatic carbocycles. The van der Waals surface area contributed by atoms with E-state index in [0.717, 1.165) is 23.0 Å². The summed E-state index contributed by atoms with van der Waals surface area (Å²) in [5.74, 6) is 0. The van der Waals surface area contributed by atoms with E-state index in [1.54, 1.807) is 25.4 Å². The van der Waals surface area contributed by atoms with Gasteiger partial charge in [-0.3, -0.25) is 5.10 Å². The smallest absolute Gasteiger partial charge is 0.385 e. The van der Waals surface area contributed by atoms with Crippen molar-refractivity contribution >= 4 is 22.6 Å². The Morgan fingerprint density at radius 2 is 2.03 bits per heavy atom. The topological polar surface area (TPSA) is 79.0 Å². The molecule has 3 N–H and O–H groups in total. The number of nitrogens with zero attached hydrogens (tertiary/aromatic N) is 1. The number of hydrogen-bond donors (Lipinski definition) is 3. The van der Waals surface area contributed by atoms with Crippen LogP contribution in [-0.4, -0.2) is 29.9 Å². The maximum Gasteiger partial charge on any atom is 0.416 e. The number of ether oxygens (including phenoxy) is 1. The summed E-state index contributed by atoms with van der Waals surface area (Å²) >= 11 is 0. The van der Waals surface area contributed by atoms with Crippen molar-refractivity contribution in [2.75, 3.05) is 19.0 Å². The van der Waals surface area contributed by atoms with Crippen LogP contribution in [0.5, 0.6) is 0 Å². The molecule has 1 aromatic heterocycles. The van der Waals surface area contributed by atoms with Crippen LogP contribution in [0.15, 0.2) is 42.6 Å². The second kappa shape index (κ2) is 8.95. The molecule has 0 fully saturated rings. The number of aromatic nitrogens is 2. The van der Waals surface area contributed by atoms with Crippen molar-refractivity contribution in [3.63, 3.8) is 0 Å². The first-order valence-corrected chi connectivity index (χ1v) is 9.03. The van der Waals surface area contributed by atoms with Gasteiger partial charge in [-0.1, -0.05) is 12.1 Å². The number of amides is 2. The third-order valence-corrected chi connectivity index (χ3v) is 4.50. The fourth-order valence-electron chi connectivity index (χ4n) is 3.03. The normalized spacial score (nSPS) is 11.6. The van der Waals surface area contributed by atoms with E-state index in [1.165, 1.54) is 6.07 Å². The largest absolute Gasteiger partial charge is 0.416 e. The highest BCUT2D eigenvalue weighted by Gasteiger charge is 2.30. The molecule has 0 bridgehead atoms. The summed E-state index contributed by atoms with van der Waals surface area (Å²) in [6.07, 6.45) is -1.80. The molecule has 0 unspecified atom stereocenters. The molecule has 0 saturated carbocycles. The zero-order valence-electron chi connectivity index (χ0n) is 15.8. The fourth-order valence-corrected chi connectivity index (χ4v) is 3.03. The number of alkyl halides is 3. The summed E-state index contributed by atoms with van der Waals surface area (Å²) in [6, 6.07) is 8.46. The van der Waals surface area contributed by atoms with E-state index in [1.807, 2.05) is 6.07 Å². The van der Waals surface area contributed by atoms with E-state index >= 15 is 0 Å². The molecule has 6 nitrogen and oxygen atoms in total. The predicted molar refractivity (Wildman–Crippen MR) is 104 cm³/mol. The van der Waals surface area contributed by atoms with E-state index in [4.69, 9.17) is 4.74 Å². The van der Waals surface area contributed by atoms with Crippen molar-refractivity contribution in [2.24, 2.45) is 0 Å². The number of urea groups is 1. The molecule has 0 spiro atoms. The molecule has 1 heterocycles. The number of benzene rings is 2. The molecule has 3 aromatic rings. The lowest BCUT2D eigenvalue weighted by Crippen LogP contribution is -2.28. The van der Waals surface area contributed by atoms with Crippen LogP contribution in [0.3, 0.4) is 0 Å². The van der Waals surface area contributed by atoms with Crippen molar-refractivity contribution in [1.29, 1.82) is 0 Å². The number of hydrogen-bond acceptors (Lipinski definition) is 3. The molecular formula is C20H21F3N4O2. The van der Waals surface area contributed by atoms with E-state index in [2.05, 4.69) is 20.8 Å². The Labute approximate surface area is 165 Å². The van der Waals surface area contributed by atoms with Crippen LogP contribution in [0.2, 0.25) is 0 Å². The molecule has 0 aliphatic carbocycles. The van der Waals surface area contributed by atoms with Gasteiger partial charge in [0.1, 0.15) is 0 Å². The zero-order valence-corrected chi connectivity index (χ0v) is 15.8. The van der Waals surface area contributed by atoms with Gasteiger partial charge in [0, 0.05) is 25.6 Å². The van der Waals surface area contributed by atoms with Crippen molar-refractivity contribution in [2.45, 2.75) is 25.6 Å². The lowest BCUT2D eigenvalue weighted by Gasteiger charge is -2.15. The molecule has 0 radical (unpaired) electrons. The quantitative estimate of drug-likeness (QED) is 0.506. The van der Waals surface area contributed by atoms with Crippen LogP contribution >= 0.6 is 0 Å². The highest BCUT2D eigenvalue weighted by Crippen LogP contribution is 2.31. The van der Waals surface area contributed by atoms with Crippen LogP contribution in [0.1, 0.15) is 23.1 Å². The summed E-state index contributed by atoms with van der Waals surface area (Å²) in [4.78, 5) is 12.3. The Morgan fingerprint density at radius 1 is 1.21 bits per heavy atom. The summed E-state index contributed by atoms with van der Waals surface area (Å²) in [7, 11) is 1.54. The van der Waals surface area contributed by atoms with Gasteiger partial charge in [-0.15, -0.1) is 0 Å². The monoisotopic (exact) mass is 406 g/mol. The first-order chi connectivity index (χ1) is 13.9. The number of carbonyl (C=O) groups is 1. The number of nitrogens with one attached hydrogen (secondary N) is 3. The first-order valence-electron chi connectivity index (χ1n) is 9.03. The molecule has 0 aliphatic rings. The molecular weight excluding hydrogens is 385 g/mol. The molecule has 0 aliphatic heterocycles. The number of aryl methyl sites for hydroxylation is 1. The van der Waals surface area contributed by atoms with Gasteiger partial charge in [-0.05, 0) is 48.2 Å². The molecule has 0 saturated heterocycles. The fraction of sp³-hybridized carbons (Fsp3) is 0.300. The Kier molecular flexibility index (Phi) is 6.38. The van der Waals surface area contributed by atoms with E-state index in [0.29, 0.717) is 36.3 Å². The van der Waals surface area contributed by atoms with E-state index < -0.39 is 17.8 Å². The maximum atomic E-state index is 13.0. The van der Waals surface area contributed by atoms with Crippen LogP contribution in [0.25, 0.3) is 10.9 Å². The molecule has 3 rings (SSSR count). The Hall–Kier alpha value is -3.07. The minimum absolute atomic E-state index is 0.105. The molecule has 0 atom stereocenters. The standard InChI is InChI=1S/C20H21F3N4O2/c1-29-9-3-4-13-10-15(20(21,22)23)8-7-14(13)11-24-19(28)26-17-5-2-6-18-16(17)12-25-27-18/h2,5-8,10,12H,3-4,9,11H2,1H3,(H,25,27)(H2,24,26,28). The van der Waals surface area contributed by atoms with Crippen molar-refractivity contribution in [3.05, 3.63) is 59.3 Å². The van der Waals surface area contributed by atoms with Gasteiger partial charge in [-0.25, -0.2) is 4.79 Å². The molecule has 9 heteroatoms. The number of aromatic amines is 1. The lowest BCUT2D eigenvalue weighted by atomic mass is 9.99. The molecule has 154 valence electrons. The van der Waals surface area contributed by atoms with E-state index in [9.17, 15) is 18.0 Å². The number of anilines is 1. The number of H-pyrrole nitrogens is 1. The second-order valence-electron chi connectivity index (χ2n) is 6.52. The van der Waals surface area contributed by atoms with Gasteiger partial charge in [0.05, 0.1) is 23.0 Å². The Bertz CT molecular complexity index is 985. The van der Waals surface area contributed by atoms with Crippen LogP contribution < -0.4 is 10.6 Å². The number of halogens is 3. The third-order valence-electron chi connectivity index (χ3n) is 4.50. The average Bonchev–Trinajstić information content (AvgIpc) is 3.16. The van der Waals surface area contributed by atoms with Crippen molar-refractivity contribution in [1.82, 2.24) is 15.5 Å². The van der Waals surface area contributed by atoms with E-state index in [-0.39, 0.29) is 6.54 Å². The Balaban J connectivity index is 1.69. The summed E-state index contributed by atoms with van der Waals surface area (Å²) in [5.41, 5.74) is 1.83. The highest BCUT2D eigenvalue weighted by molar-refractivity contribution is 6.00. The van der Waals surface area contributed by atoms with Crippen molar-refractivity contribution < 1.29 is 22.7 Å². The summed E-state index contributed by atoms with van der Waals surface area (Å²) in [6.45, 7) is 0.548. The highest BCUT2D eigenvalue weighted by atomic mass is 19.4. The van der Waals surface area contributed by atoms with Gasteiger partial charge in [0.2, 0.25) is 0 Å². The second-order valence-corrected chi connectivity index (χ2v) is 6.52. The predicted octanol–water partition coefficient (Wildman–Crippen LogP) is 4.48. The number of methoxy groups -OCH3 is 1. The van der Waals surface area contributed by atoms with Gasteiger partial charge in [0.25, 0.3) is 0 Å². The first kappa shape index (κ1) is 20.7. The molecule has 29 heavy (non-hydrogen) atoms. The minimum atomic E-state index is -4.41.